The Labute approximate surface area is 128 Å². The van der Waals surface area contributed by atoms with E-state index in [1.54, 1.807) is 30.1 Å². The van der Waals surface area contributed by atoms with E-state index in [2.05, 4.69) is 10.3 Å². The fourth-order valence-electron chi connectivity index (χ4n) is 2.39. The number of methoxy groups -OCH3 is 1. The summed E-state index contributed by atoms with van der Waals surface area (Å²) in [5.41, 5.74) is 4.81. The normalized spacial score (nSPS) is 10.7. The first-order valence-corrected chi connectivity index (χ1v) is 6.94. The zero-order valence-corrected chi connectivity index (χ0v) is 12.7. The second-order valence-electron chi connectivity index (χ2n) is 5.15. The van der Waals surface area contributed by atoms with Crippen molar-refractivity contribution in [2.75, 3.05) is 7.11 Å². The molecule has 0 radical (unpaired) electrons. The van der Waals surface area contributed by atoms with Crippen LogP contribution in [0.4, 0.5) is 0 Å². The van der Waals surface area contributed by atoms with Gasteiger partial charge in [-0.2, -0.15) is 0 Å². The van der Waals surface area contributed by atoms with Gasteiger partial charge in [0.15, 0.2) is 0 Å². The van der Waals surface area contributed by atoms with Gasteiger partial charge in [-0.3, -0.25) is 0 Å². The number of aryl methyl sites for hydroxylation is 1. The van der Waals surface area contributed by atoms with Crippen LogP contribution in [-0.2, 0) is 0 Å². The molecule has 2 aromatic carbocycles. The number of nitrogens with zero attached hydrogens (tertiary/aromatic N) is 3. The lowest BCUT2D eigenvalue weighted by Gasteiger charge is -2.13. The Morgan fingerprint density at radius 1 is 1.09 bits per heavy atom. The first-order chi connectivity index (χ1) is 10.6. The van der Waals surface area contributed by atoms with Crippen molar-refractivity contribution in [3.63, 3.8) is 0 Å². The van der Waals surface area contributed by atoms with Crippen LogP contribution in [0.1, 0.15) is 11.1 Å². The van der Waals surface area contributed by atoms with Crippen LogP contribution in [-0.4, -0.2) is 22.1 Å². The van der Waals surface area contributed by atoms with Crippen LogP contribution in [0, 0.1) is 13.8 Å². The monoisotopic (exact) mass is 294 g/mol. The number of rotatable bonds is 3. The number of benzene rings is 2. The standard InChI is InChI=1S/C17H17N3O2/c1-11-8-14(9-17(22-3)12(11)2)20-16(10-18-19-20)13-4-6-15(21)7-5-13/h4-10,21H,1-3H3/p-1. The lowest BCUT2D eigenvalue weighted by atomic mass is 10.1. The maximum absolute atomic E-state index is 11.3. The zero-order valence-electron chi connectivity index (χ0n) is 12.7. The molecule has 0 spiro atoms. The van der Waals surface area contributed by atoms with Gasteiger partial charge in [0.05, 0.1) is 24.7 Å². The van der Waals surface area contributed by atoms with E-state index in [0.717, 1.165) is 33.8 Å². The largest absolute Gasteiger partial charge is 0.872 e. The quantitative estimate of drug-likeness (QED) is 0.745. The molecular formula is C17H16N3O2-. The van der Waals surface area contributed by atoms with Crippen molar-refractivity contribution in [3.05, 3.63) is 53.7 Å². The Morgan fingerprint density at radius 2 is 1.82 bits per heavy atom. The molecule has 0 aliphatic rings. The van der Waals surface area contributed by atoms with E-state index in [4.69, 9.17) is 4.74 Å². The van der Waals surface area contributed by atoms with E-state index in [9.17, 15) is 5.11 Å². The summed E-state index contributed by atoms with van der Waals surface area (Å²) in [5.74, 6) is 0.794. The van der Waals surface area contributed by atoms with E-state index in [0.29, 0.717) is 0 Å². The highest BCUT2D eigenvalue weighted by atomic mass is 16.5. The zero-order chi connectivity index (χ0) is 15.7. The molecule has 0 aliphatic heterocycles. The van der Waals surface area contributed by atoms with Crippen molar-refractivity contribution in [1.82, 2.24) is 15.0 Å². The lowest BCUT2D eigenvalue weighted by Crippen LogP contribution is -2.02. The van der Waals surface area contributed by atoms with Crippen LogP contribution in [0.15, 0.2) is 42.6 Å². The number of hydrogen-bond donors (Lipinski definition) is 0. The minimum absolute atomic E-state index is 0.0179. The van der Waals surface area contributed by atoms with Gasteiger partial charge in [-0.15, -0.1) is 10.8 Å². The molecule has 5 heteroatoms. The molecule has 112 valence electrons. The van der Waals surface area contributed by atoms with Gasteiger partial charge in [-0.1, -0.05) is 29.5 Å². The molecule has 5 nitrogen and oxygen atoms in total. The Bertz CT molecular complexity index is 807. The highest BCUT2D eigenvalue weighted by Gasteiger charge is 2.12. The maximum atomic E-state index is 11.3. The van der Waals surface area contributed by atoms with E-state index in [-0.39, 0.29) is 5.75 Å². The van der Waals surface area contributed by atoms with Crippen LogP contribution < -0.4 is 9.84 Å². The molecule has 1 heterocycles. The third-order valence-corrected chi connectivity index (χ3v) is 3.77. The Hall–Kier alpha value is -2.82. The van der Waals surface area contributed by atoms with Crippen molar-refractivity contribution < 1.29 is 9.84 Å². The third kappa shape index (κ3) is 2.41. The molecule has 0 atom stereocenters. The summed E-state index contributed by atoms with van der Waals surface area (Å²) in [7, 11) is 1.65. The Kier molecular flexibility index (Phi) is 3.55. The molecule has 3 aromatic rings. The lowest BCUT2D eigenvalue weighted by molar-refractivity contribution is -0.268. The molecule has 22 heavy (non-hydrogen) atoms. The summed E-state index contributed by atoms with van der Waals surface area (Å²) >= 11 is 0. The van der Waals surface area contributed by atoms with E-state index in [1.165, 1.54) is 12.1 Å². The van der Waals surface area contributed by atoms with Gasteiger partial charge >= 0.3 is 0 Å². The van der Waals surface area contributed by atoms with Gasteiger partial charge in [-0.05, 0) is 31.0 Å². The highest BCUT2D eigenvalue weighted by Crippen LogP contribution is 2.28. The fourth-order valence-corrected chi connectivity index (χ4v) is 2.39. The van der Waals surface area contributed by atoms with Crippen LogP contribution in [0.2, 0.25) is 0 Å². The van der Waals surface area contributed by atoms with Crippen LogP contribution in [0.25, 0.3) is 16.9 Å². The maximum Gasteiger partial charge on any atom is 0.124 e. The molecule has 0 amide bonds. The van der Waals surface area contributed by atoms with Crippen LogP contribution in [0.5, 0.6) is 11.5 Å². The topological polar surface area (TPSA) is 63.0 Å². The molecule has 0 saturated carbocycles. The minimum Gasteiger partial charge on any atom is -0.872 e. The number of ether oxygens (including phenoxy) is 1. The molecule has 0 aliphatic carbocycles. The second kappa shape index (κ2) is 5.52. The van der Waals surface area contributed by atoms with Gasteiger partial charge in [0.2, 0.25) is 0 Å². The predicted molar refractivity (Wildman–Crippen MR) is 82.3 cm³/mol. The van der Waals surface area contributed by atoms with Gasteiger partial charge < -0.3 is 9.84 Å². The molecule has 0 saturated heterocycles. The SMILES string of the molecule is COc1cc(-n2nncc2-c2ccc([O-])cc2)cc(C)c1C. The summed E-state index contributed by atoms with van der Waals surface area (Å²) in [4.78, 5) is 0. The molecule has 0 fully saturated rings. The number of aromatic nitrogens is 3. The Morgan fingerprint density at radius 3 is 2.50 bits per heavy atom. The van der Waals surface area contributed by atoms with Crippen molar-refractivity contribution in [3.8, 4) is 28.4 Å². The van der Waals surface area contributed by atoms with Crippen molar-refractivity contribution in [1.29, 1.82) is 0 Å². The predicted octanol–water partition coefficient (Wildman–Crippen LogP) is 2.63. The van der Waals surface area contributed by atoms with E-state index >= 15 is 0 Å². The molecule has 0 N–H and O–H groups in total. The molecular weight excluding hydrogens is 278 g/mol. The summed E-state index contributed by atoms with van der Waals surface area (Å²) in [6.07, 6.45) is 1.68. The van der Waals surface area contributed by atoms with Gasteiger partial charge in [-0.25, -0.2) is 4.68 Å². The van der Waals surface area contributed by atoms with E-state index < -0.39 is 0 Å². The summed E-state index contributed by atoms with van der Waals surface area (Å²) < 4.78 is 7.17. The Balaban J connectivity index is 2.13. The average Bonchev–Trinajstić information content (AvgIpc) is 3.00. The van der Waals surface area contributed by atoms with Gasteiger partial charge in [0, 0.05) is 11.6 Å². The minimum atomic E-state index is -0.0179. The fraction of sp³-hybridized carbons (Fsp3) is 0.176. The summed E-state index contributed by atoms with van der Waals surface area (Å²) in [6, 6.07) is 10.6. The summed E-state index contributed by atoms with van der Waals surface area (Å²) in [6.45, 7) is 4.05. The van der Waals surface area contributed by atoms with E-state index in [1.807, 2.05) is 26.0 Å². The second-order valence-corrected chi connectivity index (χ2v) is 5.15. The van der Waals surface area contributed by atoms with Gasteiger partial charge in [0.25, 0.3) is 0 Å². The van der Waals surface area contributed by atoms with Crippen molar-refractivity contribution >= 4 is 0 Å². The van der Waals surface area contributed by atoms with Crippen molar-refractivity contribution in [2.24, 2.45) is 0 Å². The highest BCUT2D eigenvalue weighted by molar-refractivity contribution is 5.62. The van der Waals surface area contributed by atoms with Gasteiger partial charge in [0.1, 0.15) is 5.75 Å². The average molecular weight is 294 g/mol. The molecule has 3 rings (SSSR count). The van der Waals surface area contributed by atoms with Crippen LogP contribution >= 0.6 is 0 Å². The van der Waals surface area contributed by atoms with Crippen molar-refractivity contribution in [2.45, 2.75) is 13.8 Å². The van der Waals surface area contributed by atoms with Crippen LogP contribution in [0.3, 0.4) is 0 Å². The molecule has 0 unspecified atom stereocenters. The molecule has 1 aromatic heterocycles. The first-order valence-electron chi connectivity index (χ1n) is 6.94. The third-order valence-electron chi connectivity index (χ3n) is 3.77. The number of hydrogen-bond acceptors (Lipinski definition) is 4. The molecule has 0 bridgehead atoms. The summed E-state index contributed by atoms with van der Waals surface area (Å²) in [5, 5.41) is 19.4. The smallest absolute Gasteiger partial charge is 0.124 e. The first kappa shape index (κ1) is 14.1.